The number of fused-ring (bicyclic) bond motifs is 2. The molecule has 0 aliphatic heterocycles. The van der Waals surface area contributed by atoms with Crippen molar-refractivity contribution < 1.29 is 9.53 Å². The third-order valence-corrected chi connectivity index (χ3v) is 3.45. The monoisotopic (exact) mass is 196 g/mol. The highest BCUT2D eigenvalue weighted by Gasteiger charge is 2.44. The van der Waals surface area contributed by atoms with E-state index < -0.39 is 0 Å². The van der Waals surface area contributed by atoms with Gasteiger partial charge in [0, 0.05) is 0 Å². The molecule has 0 aromatic rings. The summed E-state index contributed by atoms with van der Waals surface area (Å²) in [5.41, 5.74) is -0.321. The van der Waals surface area contributed by atoms with Crippen molar-refractivity contribution in [3.05, 3.63) is 0 Å². The van der Waals surface area contributed by atoms with Crippen LogP contribution in [-0.4, -0.2) is 11.6 Å². The quantitative estimate of drug-likeness (QED) is 0.603. The Morgan fingerprint density at radius 1 is 1.21 bits per heavy atom. The zero-order chi connectivity index (χ0) is 10.3. The van der Waals surface area contributed by atoms with Crippen LogP contribution < -0.4 is 0 Å². The summed E-state index contributed by atoms with van der Waals surface area (Å²) in [6.07, 6.45) is 4.93. The van der Waals surface area contributed by atoms with Gasteiger partial charge >= 0.3 is 5.97 Å². The largest absolute Gasteiger partial charge is 0.460 e. The van der Waals surface area contributed by atoms with Crippen molar-refractivity contribution in [2.24, 2.45) is 17.8 Å². The third-order valence-electron chi connectivity index (χ3n) is 3.45. The van der Waals surface area contributed by atoms with E-state index in [9.17, 15) is 4.79 Å². The van der Waals surface area contributed by atoms with E-state index >= 15 is 0 Å². The molecule has 0 spiro atoms. The van der Waals surface area contributed by atoms with Crippen molar-refractivity contribution >= 4 is 5.97 Å². The number of ether oxygens (including phenoxy) is 1. The van der Waals surface area contributed by atoms with E-state index in [2.05, 4.69) is 0 Å². The molecular weight excluding hydrogens is 176 g/mol. The lowest BCUT2D eigenvalue weighted by molar-refractivity contribution is -0.161. The lowest BCUT2D eigenvalue weighted by Crippen LogP contribution is -2.31. The van der Waals surface area contributed by atoms with Crippen molar-refractivity contribution in [2.75, 3.05) is 0 Å². The maximum Gasteiger partial charge on any atom is 0.309 e. The third kappa shape index (κ3) is 1.94. The standard InChI is InChI=1S/C12H20O2/c1-12(2,3)14-11(13)10-7-8-4-5-9(10)6-8/h8-10H,4-7H2,1-3H3. The van der Waals surface area contributed by atoms with Gasteiger partial charge in [-0.25, -0.2) is 0 Å². The molecule has 2 fully saturated rings. The second-order valence-electron chi connectivity index (χ2n) is 5.81. The number of esters is 1. The first-order valence-electron chi connectivity index (χ1n) is 5.68. The number of rotatable bonds is 1. The van der Waals surface area contributed by atoms with Crippen molar-refractivity contribution in [1.82, 2.24) is 0 Å². The minimum atomic E-state index is -0.321. The molecule has 3 atom stereocenters. The summed E-state index contributed by atoms with van der Waals surface area (Å²) in [5.74, 6) is 1.71. The summed E-state index contributed by atoms with van der Waals surface area (Å²) in [4.78, 5) is 11.8. The van der Waals surface area contributed by atoms with Crippen LogP contribution in [-0.2, 0) is 9.53 Å². The first-order valence-corrected chi connectivity index (χ1v) is 5.68. The van der Waals surface area contributed by atoms with Crippen LogP contribution in [0.5, 0.6) is 0 Å². The first-order chi connectivity index (χ1) is 6.46. The van der Waals surface area contributed by atoms with E-state index in [1.165, 1.54) is 19.3 Å². The Labute approximate surface area is 86.0 Å². The van der Waals surface area contributed by atoms with Gasteiger partial charge < -0.3 is 4.74 Å². The van der Waals surface area contributed by atoms with Crippen LogP contribution >= 0.6 is 0 Å². The van der Waals surface area contributed by atoms with E-state index in [0.717, 1.165) is 12.3 Å². The maximum absolute atomic E-state index is 11.8. The topological polar surface area (TPSA) is 26.3 Å². The van der Waals surface area contributed by atoms with Gasteiger partial charge in [0.15, 0.2) is 0 Å². The summed E-state index contributed by atoms with van der Waals surface area (Å²) in [7, 11) is 0. The predicted molar refractivity (Wildman–Crippen MR) is 54.8 cm³/mol. The van der Waals surface area contributed by atoms with Gasteiger partial charge in [-0.1, -0.05) is 6.42 Å². The molecule has 80 valence electrons. The molecular formula is C12H20O2. The van der Waals surface area contributed by atoms with Crippen molar-refractivity contribution in [2.45, 2.75) is 52.1 Å². The van der Waals surface area contributed by atoms with Gasteiger partial charge in [-0.2, -0.15) is 0 Å². The predicted octanol–water partition coefficient (Wildman–Crippen LogP) is 2.76. The molecule has 3 unspecified atom stereocenters. The molecule has 0 saturated heterocycles. The first kappa shape index (κ1) is 10.0. The van der Waals surface area contributed by atoms with Crippen LogP contribution in [0.2, 0.25) is 0 Å². The molecule has 0 radical (unpaired) electrons. The van der Waals surface area contributed by atoms with Gasteiger partial charge in [-0.3, -0.25) is 4.79 Å². The van der Waals surface area contributed by atoms with Gasteiger partial charge in [0.25, 0.3) is 0 Å². The second-order valence-corrected chi connectivity index (χ2v) is 5.81. The zero-order valence-corrected chi connectivity index (χ0v) is 9.38. The van der Waals surface area contributed by atoms with Crippen molar-refractivity contribution in [1.29, 1.82) is 0 Å². The smallest absolute Gasteiger partial charge is 0.309 e. The Balaban J connectivity index is 1.93. The molecule has 0 N–H and O–H groups in total. The Morgan fingerprint density at radius 2 is 1.93 bits per heavy atom. The Morgan fingerprint density at radius 3 is 2.36 bits per heavy atom. The lowest BCUT2D eigenvalue weighted by atomic mass is 9.89. The summed E-state index contributed by atoms with van der Waals surface area (Å²) >= 11 is 0. The minimum absolute atomic E-state index is 0.0460. The van der Waals surface area contributed by atoms with Gasteiger partial charge in [-0.05, 0) is 51.9 Å². The highest BCUT2D eigenvalue weighted by molar-refractivity contribution is 5.73. The zero-order valence-electron chi connectivity index (χ0n) is 9.38. The highest BCUT2D eigenvalue weighted by atomic mass is 16.6. The SMILES string of the molecule is CC(C)(C)OC(=O)C1CC2CCC1C2. The molecule has 2 aliphatic rings. The van der Waals surface area contributed by atoms with Gasteiger partial charge in [0.05, 0.1) is 5.92 Å². The van der Waals surface area contributed by atoms with Crippen LogP contribution in [0.1, 0.15) is 46.5 Å². The van der Waals surface area contributed by atoms with E-state index in [-0.39, 0.29) is 17.5 Å². The molecule has 0 heterocycles. The van der Waals surface area contributed by atoms with Crippen molar-refractivity contribution in [3.63, 3.8) is 0 Å². The molecule has 2 nitrogen and oxygen atoms in total. The highest BCUT2D eigenvalue weighted by Crippen LogP contribution is 2.48. The normalized spacial score (nSPS) is 36.1. The average Bonchev–Trinajstić information content (AvgIpc) is 2.59. The minimum Gasteiger partial charge on any atom is -0.460 e. The van der Waals surface area contributed by atoms with Crippen LogP contribution in [0.4, 0.5) is 0 Å². The Kier molecular flexibility index (Phi) is 2.32. The van der Waals surface area contributed by atoms with E-state index in [0.29, 0.717) is 5.92 Å². The number of hydrogen-bond donors (Lipinski definition) is 0. The molecule has 0 aromatic heterocycles. The molecule has 2 aliphatic carbocycles. The maximum atomic E-state index is 11.8. The fourth-order valence-corrected chi connectivity index (χ4v) is 2.91. The van der Waals surface area contributed by atoms with E-state index in [1.807, 2.05) is 20.8 Å². The molecule has 2 bridgehead atoms. The fraction of sp³-hybridized carbons (Fsp3) is 0.917. The van der Waals surface area contributed by atoms with Gasteiger partial charge in [0.1, 0.15) is 5.60 Å². The van der Waals surface area contributed by atoms with E-state index in [4.69, 9.17) is 4.74 Å². The molecule has 0 amide bonds. The van der Waals surface area contributed by atoms with Crippen LogP contribution in [0.25, 0.3) is 0 Å². The molecule has 2 heteroatoms. The van der Waals surface area contributed by atoms with E-state index in [1.54, 1.807) is 0 Å². The molecule has 14 heavy (non-hydrogen) atoms. The number of carbonyl (C=O) groups is 1. The lowest BCUT2D eigenvalue weighted by Gasteiger charge is -2.26. The van der Waals surface area contributed by atoms with Crippen LogP contribution in [0.15, 0.2) is 0 Å². The van der Waals surface area contributed by atoms with Gasteiger partial charge in [0.2, 0.25) is 0 Å². The fourth-order valence-electron chi connectivity index (χ4n) is 2.91. The molecule has 2 saturated carbocycles. The van der Waals surface area contributed by atoms with Crippen LogP contribution in [0, 0.1) is 17.8 Å². The molecule has 0 aromatic carbocycles. The van der Waals surface area contributed by atoms with Crippen molar-refractivity contribution in [3.8, 4) is 0 Å². The summed E-state index contributed by atoms with van der Waals surface area (Å²) in [6, 6.07) is 0. The number of hydrogen-bond acceptors (Lipinski definition) is 2. The summed E-state index contributed by atoms with van der Waals surface area (Å²) in [6.45, 7) is 5.83. The second kappa shape index (κ2) is 3.25. The molecule has 2 rings (SSSR count). The Hall–Kier alpha value is -0.530. The summed E-state index contributed by atoms with van der Waals surface area (Å²) in [5, 5.41) is 0. The average molecular weight is 196 g/mol. The summed E-state index contributed by atoms with van der Waals surface area (Å²) < 4.78 is 5.44. The van der Waals surface area contributed by atoms with Crippen LogP contribution in [0.3, 0.4) is 0 Å². The Bertz CT molecular complexity index is 239. The number of carbonyl (C=O) groups excluding carboxylic acids is 1. The van der Waals surface area contributed by atoms with Gasteiger partial charge in [-0.15, -0.1) is 0 Å².